The van der Waals surface area contributed by atoms with Crippen LogP contribution in [-0.2, 0) is 4.74 Å². The smallest absolute Gasteiger partial charge is 0.410 e. The Balaban J connectivity index is 0.00000301. The average Bonchev–Trinajstić information content (AvgIpc) is 2.55. The van der Waals surface area contributed by atoms with Crippen LogP contribution in [0.4, 0.5) is 4.79 Å². The fraction of sp³-hybridized carbons (Fsp3) is 0.955. The SMILES string of the molecule is CC.CCCN(CCC)C(C)(C)CC1CCN(C(=O)OC(C)(C)C)CC1. The van der Waals surface area contributed by atoms with Gasteiger partial charge in [-0.05, 0) is 85.7 Å². The largest absolute Gasteiger partial charge is 0.444 e. The zero-order chi connectivity index (χ0) is 20.4. The third-order valence-corrected chi connectivity index (χ3v) is 4.90. The molecular formula is C22H46N2O2. The van der Waals surface area contributed by atoms with Crippen LogP contribution in [0.1, 0.15) is 94.4 Å². The molecule has 0 aromatic heterocycles. The zero-order valence-electron chi connectivity index (χ0n) is 19.2. The Labute approximate surface area is 163 Å². The molecule has 4 heteroatoms. The highest BCUT2D eigenvalue weighted by molar-refractivity contribution is 5.68. The highest BCUT2D eigenvalue weighted by Gasteiger charge is 2.32. The van der Waals surface area contributed by atoms with Crippen LogP contribution in [0.15, 0.2) is 0 Å². The quantitative estimate of drug-likeness (QED) is 0.555. The number of rotatable bonds is 7. The van der Waals surface area contributed by atoms with Crippen LogP contribution in [0.2, 0.25) is 0 Å². The van der Waals surface area contributed by atoms with Crippen molar-refractivity contribution in [2.75, 3.05) is 26.2 Å². The van der Waals surface area contributed by atoms with Crippen LogP contribution >= 0.6 is 0 Å². The van der Waals surface area contributed by atoms with Gasteiger partial charge in [0.2, 0.25) is 0 Å². The number of hydrogen-bond donors (Lipinski definition) is 0. The average molecular weight is 371 g/mol. The van der Waals surface area contributed by atoms with Gasteiger partial charge in [-0.15, -0.1) is 0 Å². The monoisotopic (exact) mass is 370 g/mol. The second-order valence-electron chi connectivity index (χ2n) is 8.91. The van der Waals surface area contributed by atoms with Crippen LogP contribution in [0, 0.1) is 5.92 Å². The molecule has 0 aliphatic carbocycles. The molecule has 1 heterocycles. The van der Waals surface area contributed by atoms with Crippen molar-refractivity contribution in [1.29, 1.82) is 0 Å². The number of piperidine rings is 1. The molecule has 1 fully saturated rings. The van der Waals surface area contributed by atoms with Gasteiger partial charge in [-0.2, -0.15) is 0 Å². The number of carbonyl (C=O) groups excluding carboxylic acids is 1. The first-order valence-corrected chi connectivity index (χ1v) is 10.8. The Morgan fingerprint density at radius 3 is 1.85 bits per heavy atom. The van der Waals surface area contributed by atoms with Gasteiger partial charge in [0.25, 0.3) is 0 Å². The molecule has 0 N–H and O–H groups in total. The van der Waals surface area contributed by atoms with E-state index < -0.39 is 5.60 Å². The molecule has 0 atom stereocenters. The molecule has 0 aromatic carbocycles. The maximum atomic E-state index is 12.2. The number of carbonyl (C=O) groups is 1. The molecule has 0 aromatic rings. The molecule has 0 bridgehead atoms. The highest BCUT2D eigenvalue weighted by atomic mass is 16.6. The van der Waals surface area contributed by atoms with Crippen molar-refractivity contribution in [3.63, 3.8) is 0 Å². The van der Waals surface area contributed by atoms with Gasteiger partial charge in [0.15, 0.2) is 0 Å². The molecule has 0 saturated carbocycles. The molecule has 1 aliphatic rings. The van der Waals surface area contributed by atoms with E-state index in [0.29, 0.717) is 5.92 Å². The minimum Gasteiger partial charge on any atom is -0.444 e. The summed E-state index contributed by atoms with van der Waals surface area (Å²) in [6.45, 7) is 23.1. The topological polar surface area (TPSA) is 32.8 Å². The van der Waals surface area contributed by atoms with Gasteiger partial charge in [-0.25, -0.2) is 4.79 Å². The lowest BCUT2D eigenvalue weighted by Gasteiger charge is -2.42. The number of nitrogens with zero attached hydrogens (tertiary/aromatic N) is 2. The third kappa shape index (κ3) is 9.25. The van der Waals surface area contributed by atoms with Crippen molar-refractivity contribution in [3.8, 4) is 0 Å². The third-order valence-electron chi connectivity index (χ3n) is 4.90. The summed E-state index contributed by atoms with van der Waals surface area (Å²) >= 11 is 0. The summed E-state index contributed by atoms with van der Waals surface area (Å²) in [6, 6.07) is 0. The molecule has 1 rings (SSSR count). The predicted molar refractivity (Wildman–Crippen MR) is 113 cm³/mol. The van der Waals surface area contributed by atoms with Crippen molar-refractivity contribution >= 4 is 6.09 Å². The lowest BCUT2D eigenvalue weighted by atomic mass is 9.83. The first-order valence-electron chi connectivity index (χ1n) is 10.8. The molecule has 0 radical (unpaired) electrons. The van der Waals surface area contributed by atoms with E-state index in [9.17, 15) is 4.79 Å². The van der Waals surface area contributed by atoms with E-state index >= 15 is 0 Å². The van der Waals surface area contributed by atoms with Crippen LogP contribution in [0.25, 0.3) is 0 Å². The summed E-state index contributed by atoms with van der Waals surface area (Å²) in [7, 11) is 0. The Bertz CT molecular complexity index is 374. The van der Waals surface area contributed by atoms with Crippen molar-refractivity contribution < 1.29 is 9.53 Å². The van der Waals surface area contributed by atoms with Crippen molar-refractivity contribution in [2.24, 2.45) is 5.92 Å². The van der Waals surface area contributed by atoms with E-state index in [-0.39, 0.29) is 11.6 Å². The lowest BCUT2D eigenvalue weighted by Crippen LogP contribution is -2.48. The van der Waals surface area contributed by atoms with Gasteiger partial charge in [0.05, 0.1) is 0 Å². The molecule has 0 unspecified atom stereocenters. The molecule has 26 heavy (non-hydrogen) atoms. The Hall–Kier alpha value is -0.770. The van der Waals surface area contributed by atoms with Crippen molar-refractivity contribution in [2.45, 2.75) is 106 Å². The van der Waals surface area contributed by atoms with Gasteiger partial charge in [-0.3, -0.25) is 4.90 Å². The molecular weight excluding hydrogens is 324 g/mol. The van der Waals surface area contributed by atoms with Gasteiger partial charge in [0.1, 0.15) is 5.60 Å². The maximum Gasteiger partial charge on any atom is 0.410 e. The summed E-state index contributed by atoms with van der Waals surface area (Å²) in [5.74, 6) is 0.704. The minimum atomic E-state index is -0.406. The summed E-state index contributed by atoms with van der Waals surface area (Å²) in [4.78, 5) is 16.7. The predicted octanol–water partition coefficient (Wildman–Crippen LogP) is 5.95. The second kappa shape index (κ2) is 11.8. The van der Waals surface area contributed by atoms with Crippen LogP contribution < -0.4 is 0 Å². The molecule has 156 valence electrons. The van der Waals surface area contributed by atoms with E-state index in [1.807, 2.05) is 39.5 Å². The van der Waals surface area contributed by atoms with Crippen LogP contribution in [0.5, 0.6) is 0 Å². The molecule has 4 nitrogen and oxygen atoms in total. The Morgan fingerprint density at radius 1 is 1.00 bits per heavy atom. The van der Waals surface area contributed by atoms with Gasteiger partial charge < -0.3 is 9.64 Å². The van der Waals surface area contributed by atoms with Gasteiger partial charge in [-0.1, -0.05) is 27.7 Å². The van der Waals surface area contributed by atoms with E-state index in [1.165, 1.54) is 32.4 Å². The summed E-state index contributed by atoms with van der Waals surface area (Å²) in [5.41, 5.74) is -0.165. The first kappa shape index (κ1) is 25.2. The molecule has 1 saturated heterocycles. The maximum absolute atomic E-state index is 12.2. The lowest BCUT2D eigenvalue weighted by molar-refractivity contribution is 0.0145. The standard InChI is InChI=1S/C20H40N2O2.C2H6/c1-8-12-22(13-9-2)20(6,7)16-17-10-14-21(15-11-17)18(23)24-19(3,4)5;1-2/h17H,8-16H2,1-7H3;1-2H3. The first-order chi connectivity index (χ1) is 12.1. The number of likely N-dealkylation sites (tertiary alicyclic amines) is 1. The normalized spacial score (nSPS) is 16.3. The summed E-state index contributed by atoms with van der Waals surface area (Å²) < 4.78 is 5.49. The van der Waals surface area contributed by atoms with Crippen molar-refractivity contribution in [3.05, 3.63) is 0 Å². The molecule has 1 amide bonds. The molecule has 1 aliphatic heterocycles. The van der Waals surface area contributed by atoms with Gasteiger partial charge in [0, 0.05) is 18.6 Å². The van der Waals surface area contributed by atoms with Crippen LogP contribution in [0.3, 0.4) is 0 Å². The second-order valence-corrected chi connectivity index (χ2v) is 8.91. The zero-order valence-corrected chi connectivity index (χ0v) is 19.2. The van der Waals surface area contributed by atoms with Crippen LogP contribution in [-0.4, -0.2) is 53.2 Å². The van der Waals surface area contributed by atoms with E-state index in [0.717, 1.165) is 25.9 Å². The van der Waals surface area contributed by atoms with E-state index in [2.05, 4.69) is 32.6 Å². The summed E-state index contributed by atoms with van der Waals surface area (Å²) in [6.07, 6.45) is 5.67. The molecule has 0 spiro atoms. The Kier molecular flexibility index (Phi) is 11.5. The minimum absolute atomic E-state index is 0.154. The number of hydrogen-bond acceptors (Lipinski definition) is 3. The summed E-state index contributed by atoms with van der Waals surface area (Å²) in [5, 5.41) is 0. The number of amides is 1. The fourth-order valence-corrected chi connectivity index (χ4v) is 3.74. The highest BCUT2D eigenvalue weighted by Crippen LogP contribution is 2.30. The van der Waals surface area contributed by atoms with E-state index in [1.54, 1.807) is 0 Å². The Morgan fingerprint density at radius 2 is 1.46 bits per heavy atom. The van der Waals surface area contributed by atoms with Crippen molar-refractivity contribution in [1.82, 2.24) is 9.80 Å². The van der Waals surface area contributed by atoms with E-state index in [4.69, 9.17) is 4.74 Å². The van der Waals surface area contributed by atoms with Gasteiger partial charge >= 0.3 is 6.09 Å². The fourth-order valence-electron chi connectivity index (χ4n) is 3.74. The number of ether oxygens (including phenoxy) is 1.